The summed E-state index contributed by atoms with van der Waals surface area (Å²) < 4.78 is 19.9. The van der Waals surface area contributed by atoms with Crippen LogP contribution in [0, 0.1) is 11.7 Å². The predicted octanol–water partition coefficient (Wildman–Crippen LogP) is 3.67. The summed E-state index contributed by atoms with van der Waals surface area (Å²) in [7, 11) is 0. The topological polar surface area (TPSA) is 21.3 Å². The molecule has 1 saturated heterocycles. The fourth-order valence-electron chi connectivity index (χ4n) is 2.53. The molecule has 2 nitrogen and oxygen atoms in total. The monoisotopic (exact) mass is 315 g/mol. The second-order valence-corrected chi connectivity index (χ2v) is 5.53. The number of nitrogens with one attached hydrogen (secondary N) is 1. The van der Waals surface area contributed by atoms with Gasteiger partial charge in [-0.25, -0.2) is 4.39 Å². The van der Waals surface area contributed by atoms with Crippen molar-refractivity contribution in [2.75, 3.05) is 19.8 Å². The normalized spacial score (nSPS) is 21.8. The maximum Gasteiger partial charge on any atom is 0.123 e. The number of ether oxygens (including phenoxy) is 1. The third-order valence-corrected chi connectivity index (χ3v) is 4.11. The van der Waals surface area contributed by atoms with Crippen LogP contribution in [-0.2, 0) is 4.74 Å². The number of benzene rings is 1. The highest BCUT2D eigenvalue weighted by molar-refractivity contribution is 9.10. The van der Waals surface area contributed by atoms with E-state index in [1.165, 1.54) is 6.07 Å². The molecule has 0 aliphatic carbocycles. The fourth-order valence-corrected chi connectivity index (χ4v) is 3.03. The van der Waals surface area contributed by atoms with Gasteiger partial charge >= 0.3 is 0 Å². The van der Waals surface area contributed by atoms with Crippen LogP contribution in [0.3, 0.4) is 0 Å². The molecule has 0 radical (unpaired) electrons. The van der Waals surface area contributed by atoms with Crippen molar-refractivity contribution in [3.8, 4) is 0 Å². The van der Waals surface area contributed by atoms with Crippen molar-refractivity contribution in [2.24, 2.45) is 5.92 Å². The number of hydrogen-bond acceptors (Lipinski definition) is 2. The maximum absolute atomic E-state index is 13.4. The van der Waals surface area contributed by atoms with Crippen LogP contribution in [0.4, 0.5) is 4.39 Å². The van der Waals surface area contributed by atoms with Gasteiger partial charge in [0.2, 0.25) is 0 Å². The maximum atomic E-state index is 13.4. The summed E-state index contributed by atoms with van der Waals surface area (Å²) in [6, 6.07) is 5.03. The summed E-state index contributed by atoms with van der Waals surface area (Å²) in [5, 5.41) is 3.46. The second kappa shape index (κ2) is 6.64. The smallest absolute Gasteiger partial charge is 0.123 e. The molecule has 2 unspecified atom stereocenters. The van der Waals surface area contributed by atoms with Gasteiger partial charge in [0.25, 0.3) is 0 Å². The first-order chi connectivity index (χ1) is 8.72. The molecule has 0 spiro atoms. The van der Waals surface area contributed by atoms with Gasteiger partial charge in [-0.1, -0.05) is 22.9 Å². The lowest BCUT2D eigenvalue weighted by Gasteiger charge is -2.31. The van der Waals surface area contributed by atoms with Crippen molar-refractivity contribution in [1.29, 1.82) is 0 Å². The molecule has 0 bridgehead atoms. The van der Waals surface area contributed by atoms with Gasteiger partial charge in [-0.3, -0.25) is 0 Å². The van der Waals surface area contributed by atoms with Gasteiger partial charge in [-0.15, -0.1) is 0 Å². The van der Waals surface area contributed by atoms with Crippen molar-refractivity contribution < 1.29 is 9.13 Å². The molecule has 2 atom stereocenters. The minimum Gasteiger partial charge on any atom is -0.381 e. The van der Waals surface area contributed by atoms with E-state index in [4.69, 9.17) is 4.74 Å². The van der Waals surface area contributed by atoms with Crippen molar-refractivity contribution in [3.63, 3.8) is 0 Å². The van der Waals surface area contributed by atoms with Crippen LogP contribution in [0.15, 0.2) is 22.7 Å². The van der Waals surface area contributed by atoms with Crippen LogP contribution in [0.25, 0.3) is 0 Å². The zero-order chi connectivity index (χ0) is 13.0. The molecule has 0 saturated carbocycles. The molecule has 1 aliphatic rings. The lowest BCUT2D eigenvalue weighted by molar-refractivity contribution is 0.0391. The highest BCUT2D eigenvalue weighted by Crippen LogP contribution is 2.33. The molecule has 1 aromatic rings. The lowest BCUT2D eigenvalue weighted by Crippen LogP contribution is -2.33. The van der Waals surface area contributed by atoms with Crippen LogP contribution >= 0.6 is 15.9 Å². The van der Waals surface area contributed by atoms with Crippen molar-refractivity contribution in [2.45, 2.75) is 25.8 Å². The zero-order valence-electron chi connectivity index (χ0n) is 10.6. The second-order valence-electron chi connectivity index (χ2n) is 4.68. The van der Waals surface area contributed by atoms with Crippen molar-refractivity contribution in [1.82, 2.24) is 5.32 Å². The summed E-state index contributed by atoms with van der Waals surface area (Å²) in [5.41, 5.74) is 0.993. The Hall–Kier alpha value is -0.450. The first-order valence-electron chi connectivity index (χ1n) is 6.48. The number of rotatable bonds is 4. The Labute approximate surface area is 116 Å². The third kappa shape index (κ3) is 3.31. The molecule has 1 aliphatic heterocycles. The summed E-state index contributed by atoms with van der Waals surface area (Å²) >= 11 is 3.52. The summed E-state index contributed by atoms with van der Waals surface area (Å²) in [5.74, 6) is 0.227. The van der Waals surface area contributed by atoms with Crippen molar-refractivity contribution in [3.05, 3.63) is 34.1 Å². The van der Waals surface area contributed by atoms with Crippen LogP contribution in [0.5, 0.6) is 0 Å². The van der Waals surface area contributed by atoms with E-state index in [2.05, 4.69) is 28.2 Å². The molecule has 2 rings (SSSR count). The van der Waals surface area contributed by atoms with E-state index >= 15 is 0 Å². The minimum atomic E-state index is -0.187. The Bertz CT molecular complexity index is 393. The highest BCUT2D eigenvalue weighted by Gasteiger charge is 2.26. The number of hydrogen-bond donors (Lipinski definition) is 1. The van der Waals surface area contributed by atoms with Gasteiger partial charge in [0.05, 0.1) is 6.61 Å². The first kappa shape index (κ1) is 14.0. The highest BCUT2D eigenvalue weighted by atomic mass is 79.9. The lowest BCUT2D eigenvalue weighted by atomic mass is 9.88. The van der Waals surface area contributed by atoms with Crippen LogP contribution < -0.4 is 5.32 Å². The van der Waals surface area contributed by atoms with Crippen molar-refractivity contribution >= 4 is 15.9 Å². The molecular weight excluding hydrogens is 297 g/mol. The van der Waals surface area contributed by atoms with Crippen LogP contribution in [0.1, 0.15) is 31.4 Å². The van der Waals surface area contributed by atoms with E-state index in [0.717, 1.165) is 42.6 Å². The quantitative estimate of drug-likeness (QED) is 0.915. The summed E-state index contributed by atoms with van der Waals surface area (Å²) in [6.45, 7) is 4.54. The number of halogens is 2. The molecule has 0 amide bonds. The molecule has 1 fully saturated rings. The molecule has 100 valence electrons. The van der Waals surface area contributed by atoms with Gasteiger partial charge in [0, 0.05) is 23.0 Å². The van der Waals surface area contributed by atoms with E-state index in [1.54, 1.807) is 12.1 Å². The van der Waals surface area contributed by atoms with E-state index < -0.39 is 0 Å². The van der Waals surface area contributed by atoms with Gasteiger partial charge in [0.15, 0.2) is 0 Å². The van der Waals surface area contributed by atoms with E-state index in [9.17, 15) is 4.39 Å². The standard InChI is InChI=1S/C14H19BrFNO/c1-2-17-14(10-4-3-7-18-9-10)12-8-11(16)5-6-13(12)15/h5-6,8,10,14,17H,2-4,7,9H2,1H3. The average Bonchev–Trinajstić information content (AvgIpc) is 2.40. The van der Waals surface area contributed by atoms with Crippen LogP contribution in [0.2, 0.25) is 0 Å². The summed E-state index contributed by atoms with van der Waals surface area (Å²) in [4.78, 5) is 0. The Morgan fingerprint density at radius 2 is 2.39 bits per heavy atom. The van der Waals surface area contributed by atoms with Gasteiger partial charge < -0.3 is 10.1 Å². The molecular formula is C14H19BrFNO. The molecule has 4 heteroatoms. The zero-order valence-corrected chi connectivity index (χ0v) is 12.2. The van der Waals surface area contributed by atoms with Gasteiger partial charge in [0.1, 0.15) is 5.82 Å². The molecule has 1 aromatic carbocycles. The Morgan fingerprint density at radius 3 is 3.06 bits per heavy atom. The first-order valence-corrected chi connectivity index (χ1v) is 7.27. The molecule has 0 aromatic heterocycles. The average molecular weight is 316 g/mol. The third-order valence-electron chi connectivity index (χ3n) is 3.38. The SMILES string of the molecule is CCNC(c1cc(F)ccc1Br)C1CCCOC1. The van der Waals surface area contributed by atoms with E-state index in [0.29, 0.717) is 5.92 Å². The van der Waals surface area contributed by atoms with Gasteiger partial charge in [-0.2, -0.15) is 0 Å². The Morgan fingerprint density at radius 1 is 1.56 bits per heavy atom. The Kier molecular flexibility index (Phi) is 5.15. The largest absolute Gasteiger partial charge is 0.381 e. The Balaban J connectivity index is 2.24. The fraction of sp³-hybridized carbons (Fsp3) is 0.571. The van der Waals surface area contributed by atoms with E-state index in [1.807, 2.05) is 0 Å². The van der Waals surface area contributed by atoms with Gasteiger partial charge in [-0.05, 0) is 43.1 Å². The predicted molar refractivity (Wildman–Crippen MR) is 74.1 cm³/mol. The molecule has 1 heterocycles. The van der Waals surface area contributed by atoms with E-state index in [-0.39, 0.29) is 11.9 Å². The van der Waals surface area contributed by atoms with Crippen LogP contribution in [-0.4, -0.2) is 19.8 Å². The minimum absolute atomic E-state index is 0.153. The molecule has 1 N–H and O–H groups in total. The summed E-state index contributed by atoms with van der Waals surface area (Å²) in [6.07, 6.45) is 2.21. The molecule has 18 heavy (non-hydrogen) atoms.